The molecule has 0 saturated heterocycles. The Morgan fingerprint density at radius 1 is 1.00 bits per heavy atom. The van der Waals surface area contributed by atoms with Gasteiger partial charge in [-0.1, -0.05) is 13.8 Å². The van der Waals surface area contributed by atoms with E-state index in [4.69, 9.17) is 5.73 Å². The second-order valence-electron chi connectivity index (χ2n) is 7.40. The molecule has 13 nitrogen and oxygen atoms in total. The fraction of sp³-hybridized carbons (Fsp3) is 0.611. The molecule has 0 bridgehead atoms. The fourth-order valence-corrected chi connectivity index (χ4v) is 2.63. The third-order valence-corrected chi connectivity index (χ3v) is 4.28. The lowest BCUT2D eigenvalue weighted by molar-refractivity contribution is -0.143. The van der Waals surface area contributed by atoms with E-state index < -0.39 is 61.1 Å². The number of nitrogens with two attached hydrogens (primary N) is 1. The van der Waals surface area contributed by atoms with Gasteiger partial charge in [0.15, 0.2) is 0 Å². The molecule has 3 amide bonds. The van der Waals surface area contributed by atoms with Gasteiger partial charge in [-0.3, -0.25) is 14.4 Å². The lowest BCUT2D eigenvalue weighted by Crippen LogP contribution is -2.59. The molecule has 1 heterocycles. The number of aliphatic hydroxyl groups excluding tert-OH is 2. The lowest BCUT2D eigenvalue weighted by Gasteiger charge is -2.23. The number of hydrogen-bond acceptors (Lipinski definition) is 8. The van der Waals surface area contributed by atoms with Crippen LogP contribution in [0.4, 0.5) is 0 Å². The van der Waals surface area contributed by atoms with Crippen molar-refractivity contribution in [1.82, 2.24) is 25.9 Å². The molecule has 31 heavy (non-hydrogen) atoms. The summed E-state index contributed by atoms with van der Waals surface area (Å²) in [6.45, 7) is 1.94. The number of nitrogens with one attached hydrogen (secondary N) is 4. The third-order valence-electron chi connectivity index (χ3n) is 4.28. The number of nitrogens with zero attached hydrogens (tertiary/aromatic N) is 1. The maximum atomic E-state index is 12.4. The minimum absolute atomic E-state index is 0.0245. The van der Waals surface area contributed by atoms with Crippen molar-refractivity contribution in [3.05, 3.63) is 18.2 Å². The summed E-state index contributed by atoms with van der Waals surface area (Å²) in [5, 5.41) is 34.8. The van der Waals surface area contributed by atoms with Crippen LogP contribution in [0.15, 0.2) is 12.5 Å². The summed E-state index contributed by atoms with van der Waals surface area (Å²) in [5.74, 6) is -3.87. The van der Waals surface area contributed by atoms with Crippen molar-refractivity contribution in [1.29, 1.82) is 0 Å². The van der Waals surface area contributed by atoms with Crippen molar-refractivity contribution in [2.24, 2.45) is 11.7 Å². The molecule has 0 aliphatic heterocycles. The average Bonchev–Trinajstić information content (AvgIpc) is 3.21. The highest BCUT2D eigenvalue weighted by atomic mass is 16.4. The Balaban J connectivity index is 2.69. The first kappa shape index (κ1) is 26.0. The van der Waals surface area contributed by atoms with Crippen LogP contribution >= 0.6 is 0 Å². The summed E-state index contributed by atoms with van der Waals surface area (Å²) >= 11 is 0. The second kappa shape index (κ2) is 12.6. The van der Waals surface area contributed by atoms with E-state index in [9.17, 15) is 34.5 Å². The van der Waals surface area contributed by atoms with E-state index in [-0.39, 0.29) is 18.8 Å². The number of aromatic nitrogens is 2. The molecule has 1 aromatic rings. The number of carboxylic acid groups (broad SMARTS) is 1. The normalized spacial score (nSPS) is 14.9. The van der Waals surface area contributed by atoms with Crippen molar-refractivity contribution in [3.63, 3.8) is 0 Å². The molecule has 13 heteroatoms. The largest absolute Gasteiger partial charge is 0.480 e. The SMILES string of the molecule is CC(C)CC(NC(=O)C(CO)NC(=O)C(CO)NC(=O)C(N)Cc1cnc[nH]1)C(=O)O. The zero-order valence-corrected chi connectivity index (χ0v) is 17.4. The first-order valence-corrected chi connectivity index (χ1v) is 9.67. The van der Waals surface area contributed by atoms with Gasteiger partial charge in [0, 0.05) is 18.3 Å². The minimum atomic E-state index is -1.48. The number of carbonyl (C=O) groups excluding carboxylic acids is 3. The van der Waals surface area contributed by atoms with Crippen LogP contribution in [0.2, 0.25) is 0 Å². The molecule has 4 unspecified atom stereocenters. The number of aromatic amines is 1. The van der Waals surface area contributed by atoms with E-state index in [1.54, 1.807) is 13.8 Å². The number of carboxylic acids is 1. The summed E-state index contributed by atoms with van der Waals surface area (Å²) in [4.78, 5) is 54.7. The Hall–Kier alpha value is -3.03. The molecule has 9 N–H and O–H groups in total. The number of amides is 3. The van der Waals surface area contributed by atoms with Gasteiger partial charge in [0.25, 0.3) is 0 Å². The van der Waals surface area contributed by atoms with Gasteiger partial charge in [0.05, 0.1) is 25.6 Å². The van der Waals surface area contributed by atoms with Crippen molar-refractivity contribution in [3.8, 4) is 0 Å². The standard InChI is InChI=1S/C18H30N6O7/c1-9(2)3-12(18(30)31)22-16(28)14(7-26)24-17(29)13(6-25)23-15(27)11(19)4-10-5-20-8-21-10/h5,8-9,11-14,25-26H,3-4,6-7,19H2,1-2H3,(H,20,21)(H,22,28)(H,23,27)(H,24,29)(H,30,31). The van der Waals surface area contributed by atoms with E-state index in [0.717, 1.165) is 0 Å². The lowest BCUT2D eigenvalue weighted by atomic mass is 10.0. The predicted octanol–water partition coefficient (Wildman–Crippen LogP) is -3.15. The first-order valence-electron chi connectivity index (χ1n) is 9.67. The number of carbonyl (C=O) groups is 4. The van der Waals surface area contributed by atoms with Gasteiger partial charge in [-0.05, 0) is 12.3 Å². The molecule has 174 valence electrons. The van der Waals surface area contributed by atoms with Gasteiger partial charge in [-0.15, -0.1) is 0 Å². The van der Waals surface area contributed by atoms with E-state index in [2.05, 4.69) is 25.9 Å². The highest BCUT2D eigenvalue weighted by Gasteiger charge is 2.30. The van der Waals surface area contributed by atoms with E-state index >= 15 is 0 Å². The number of aliphatic carboxylic acids is 1. The quantitative estimate of drug-likeness (QED) is 0.154. The summed E-state index contributed by atoms with van der Waals surface area (Å²) < 4.78 is 0. The predicted molar refractivity (Wildman–Crippen MR) is 107 cm³/mol. The highest BCUT2D eigenvalue weighted by molar-refractivity contribution is 5.94. The van der Waals surface area contributed by atoms with Crippen molar-refractivity contribution in [2.45, 2.75) is 50.9 Å². The molecular formula is C18H30N6O7. The molecule has 0 radical (unpaired) electrons. The Morgan fingerprint density at radius 2 is 1.52 bits per heavy atom. The van der Waals surface area contributed by atoms with Crippen LogP contribution < -0.4 is 21.7 Å². The Kier molecular flexibility index (Phi) is 10.6. The summed E-state index contributed by atoms with van der Waals surface area (Å²) in [5.41, 5.74) is 6.37. The number of imidazole rings is 1. The van der Waals surface area contributed by atoms with Gasteiger partial charge in [-0.2, -0.15) is 0 Å². The van der Waals surface area contributed by atoms with Crippen LogP contribution in [0, 0.1) is 5.92 Å². The van der Waals surface area contributed by atoms with Crippen molar-refractivity contribution >= 4 is 23.7 Å². The molecule has 4 atom stereocenters. The van der Waals surface area contributed by atoms with Crippen LogP contribution in [-0.2, 0) is 25.6 Å². The second-order valence-corrected chi connectivity index (χ2v) is 7.40. The first-order chi connectivity index (χ1) is 14.6. The monoisotopic (exact) mass is 442 g/mol. The van der Waals surface area contributed by atoms with Crippen LogP contribution in [0.1, 0.15) is 26.0 Å². The molecule has 0 spiro atoms. The van der Waals surface area contributed by atoms with E-state index in [0.29, 0.717) is 5.69 Å². The van der Waals surface area contributed by atoms with Crippen molar-refractivity contribution < 1.29 is 34.5 Å². The maximum absolute atomic E-state index is 12.4. The Bertz CT molecular complexity index is 740. The van der Waals surface area contributed by atoms with Gasteiger partial charge >= 0.3 is 5.97 Å². The maximum Gasteiger partial charge on any atom is 0.326 e. The molecule has 0 saturated carbocycles. The molecule has 0 aromatic carbocycles. The van der Waals surface area contributed by atoms with Crippen LogP contribution in [0.3, 0.4) is 0 Å². The van der Waals surface area contributed by atoms with Gasteiger partial charge < -0.3 is 42.0 Å². The summed E-state index contributed by atoms with van der Waals surface area (Å²) in [6.07, 6.45) is 3.16. The van der Waals surface area contributed by atoms with Crippen LogP contribution in [0.25, 0.3) is 0 Å². The van der Waals surface area contributed by atoms with Gasteiger partial charge in [-0.25, -0.2) is 9.78 Å². The van der Waals surface area contributed by atoms with E-state index in [1.807, 2.05) is 0 Å². The van der Waals surface area contributed by atoms with Crippen LogP contribution in [-0.4, -0.2) is 86.4 Å². The van der Waals surface area contributed by atoms with E-state index in [1.165, 1.54) is 12.5 Å². The molecule has 1 aromatic heterocycles. The topological polar surface area (TPSA) is 220 Å². The number of hydrogen-bond donors (Lipinski definition) is 8. The number of aliphatic hydroxyl groups is 2. The Morgan fingerprint density at radius 3 is 1.94 bits per heavy atom. The molecule has 0 aliphatic carbocycles. The highest BCUT2D eigenvalue weighted by Crippen LogP contribution is 2.05. The molecule has 0 fully saturated rings. The average molecular weight is 442 g/mol. The van der Waals surface area contributed by atoms with Crippen LogP contribution in [0.5, 0.6) is 0 Å². The summed E-state index contributed by atoms with van der Waals surface area (Å²) in [7, 11) is 0. The summed E-state index contributed by atoms with van der Waals surface area (Å²) in [6, 6.07) is -5.15. The minimum Gasteiger partial charge on any atom is -0.480 e. The molecular weight excluding hydrogens is 412 g/mol. The molecule has 1 rings (SSSR count). The third kappa shape index (κ3) is 8.70. The van der Waals surface area contributed by atoms with Crippen molar-refractivity contribution in [2.75, 3.05) is 13.2 Å². The number of rotatable bonds is 13. The zero-order valence-electron chi connectivity index (χ0n) is 17.4. The number of H-pyrrole nitrogens is 1. The van der Waals surface area contributed by atoms with Gasteiger partial charge in [0.2, 0.25) is 17.7 Å². The Labute approximate surface area is 178 Å². The fourth-order valence-electron chi connectivity index (χ4n) is 2.63. The van der Waals surface area contributed by atoms with Gasteiger partial charge in [0.1, 0.15) is 18.1 Å². The molecule has 0 aliphatic rings. The zero-order chi connectivity index (χ0) is 23.6. The smallest absolute Gasteiger partial charge is 0.326 e.